The van der Waals surface area contributed by atoms with Crippen LogP contribution in [-0.2, 0) is 9.63 Å². The van der Waals surface area contributed by atoms with Crippen molar-refractivity contribution in [3.8, 4) is 0 Å². The Morgan fingerprint density at radius 3 is 2.82 bits per heavy atom. The summed E-state index contributed by atoms with van der Waals surface area (Å²) >= 11 is 7.73. The molecule has 1 aromatic carbocycles. The Balaban J connectivity index is 1.71. The van der Waals surface area contributed by atoms with Crippen LogP contribution in [0.4, 0.5) is 0 Å². The minimum atomic E-state index is -0.850. The van der Waals surface area contributed by atoms with Gasteiger partial charge in [-0.05, 0) is 55.0 Å². The Hall–Kier alpha value is -2.15. The number of aliphatic carboxylic acids is 1. The maximum Gasteiger partial charge on any atom is 0.332 e. The molecule has 2 heterocycles. The van der Waals surface area contributed by atoms with Gasteiger partial charge in [0.2, 0.25) is 0 Å². The predicted molar refractivity (Wildman–Crippen MR) is 114 cm³/mol. The van der Waals surface area contributed by atoms with Crippen LogP contribution < -0.4 is 0 Å². The smallest absolute Gasteiger partial charge is 0.332 e. The molecule has 7 heteroatoms. The monoisotopic (exact) mass is 418 g/mol. The van der Waals surface area contributed by atoms with Crippen LogP contribution in [0.2, 0.25) is 5.02 Å². The summed E-state index contributed by atoms with van der Waals surface area (Å²) in [5.41, 5.74) is 4.42. The van der Waals surface area contributed by atoms with Gasteiger partial charge in [-0.2, -0.15) is 0 Å². The number of aryl methyl sites for hydroxylation is 2. The fourth-order valence-corrected chi connectivity index (χ4v) is 4.30. The number of carboxylic acid groups (broad SMARTS) is 1. The maximum atomic E-state index is 11.1. The molecule has 148 valence electrons. The number of halogens is 1. The molecule has 5 nitrogen and oxygen atoms in total. The van der Waals surface area contributed by atoms with E-state index in [9.17, 15) is 4.79 Å². The second-order valence-electron chi connectivity index (χ2n) is 6.76. The third-order valence-corrected chi connectivity index (χ3v) is 5.94. The number of hydrogen-bond acceptors (Lipinski definition) is 5. The van der Waals surface area contributed by atoms with Crippen molar-refractivity contribution in [3.63, 3.8) is 0 Å². The molecule has 1 aliphatic heterocycles. The molecule has 2 aromatic rings. The largest absolute Gasteiger partial charge is 0.478 e. The van der Waals surface area contributed by atoms with E-state index in [4.69, 9.17) is 21.5 Å². The van der Waals surface area contributed by atoms with Crippen molar-refractivity contribution in [3.05, 3.63) is 67.9 Å². The minimum Gasteiger partial charge on any atom is -0.478 e. The third-order valence-electron chi connectivity index (χ3n) is 4.68. The lowest BCUT2D eigenvalue weighted by atomic mass is 10.0. The average Bonchev–Trinajstić information content (AvgIpc) is 3.08. The summed E-state index contributed by atoms with van der Waals surface area (Å²) in [5.74, 6) is -0.850. The van der Waals surface area contributed by atoms with Crippen molar-refractivity contribution < 1.29 is 14.7 Å². The molecule has 3 rings (SSSR count). The van der Waals surface area contributed by atoms with Crippen molar-refractivity contribution in [1.29, 1.82) is 0 Å². The fourth-order valence-electron chi connectivity index (χ4n) is 3.15. The lowest BCUT2D eigenvalue weighted by Crippen LogP contribution is -2.34. The highest BCUT2D eigenvalue weighted by molar-refractivity contribution is 7.12. The normalized spacial score (nSPS) is 15.4. The summed E-state index contributed by atoms with van der Waals surface area (Å²) in [4.78, 5) is 19.9. The van der Waals surface area contributed by atoms with Gasteiger partial charge in [-0.3, -0.25) is 4.90 Å². The minimum absolute atomic E-state index is 0.396. The molecule has 0 radical (unpaired) electrons. The molecule has 0 spiro atoms. The summed E-state index contributed by atoms with van der Waals surface area (Å²) in [6.07, 6.45) is 2.54. The first-order valence-electron chi connectivity index (χ1n) is 9.11. The average molecular weight is 419 g/mol. The summed E-state index contributed by atoms with van der Waals surface area (Å²) in [5, 5.41) is 16.3. The van der Waals surface area contributed by atoms with E-state index in [2.05, 4.69) is 23.0 Å². The van der Waals surface area contributed by atoms with Gasteiger partial charge in [-0.1, -0.05) is 28.9 Å². The van der Waals surface area contributed by atoms with Crippen LogP contribution >= 0.6 is 22.9 Å². The van der Waals surface area contributed by atoms with Gasteiger partial charge in [0.15, 0.2) is 0 Å². The number of nitrogens with zero attached hydrogens (tertiary/aromatic N) is 2. The Morgan fingerprint density at radius 1 is 1.32 bits per heavy atom. The van der Waals surface area contributed by atoms with E-state index in [-0.39, 0.29) is 0 Å². The third kappa shape index (κ3) is 5.01. The van der Waals surface area contributed by atoms with E-state index in [1.165, 1.54) is 0 Å². The van der Waals surface area contributed by atoms with E-state index in [1.807, 2.05) is 30.5 Å². The zero-order chi connectivity index (χ0) is 20.1. The van der Waals surface area contributed by atoms with Crippen LogP contribution in [0, 0.1) is 13.8 Å². The van der Waals surface area contributed by atoms with Crippen molar-refractivity contribution >= 4 is 34.6 Å². The fraction of sp³-hybridized carbons (Fsp3) is 0.333. The molecule has 0 unspecified atom stereocenters. The first kappa shape index (κ1) is 20.6. The predicted octanol–water partition coefficient (Wildman–Crippen LogP) is 4.50. The quantitative estimate of drug-likeness (QED) is 0.408. The second kappa shape index (κ2) is 9.37. The Kier molecular flexibility index (Phi) is 6.88. The summed E-state index contributed by atoms with van der Waals surface area (Å²) in [7, 11) is 0. The van der Waals surface area contributed by atoms with Gasteiger partial charge < -0.3 is 9.94 Å². The molecule has 0 saturated heterocycles. The van der Waals surface area contributed by atoms with E-state index in [0.717, 1.165) is 40.2 Å². The van der Waals surface area contributed by atoms with E-state index >= 15 is 0 Å². The lowest BCUT2D eigenvalue weighted by Gasteiger charge is -2.24. The lowest BCUT2D eigenvalue weighted by molar-refractivity contribution is -0.133. The maximum absolute atomic E-state index is 11.1. The standard InChI is InChI=1S/C21H23ClN2O3S/c1-14-7-11-28-20(14)19(18-6-5-17(22)12-15(18)2)23-27-10-9-24-8-3-4-16(13-24)21(25)26/h4-7,11-12H,3,8-10,13H2,1-2H3,(H,25,26)/b23-19-. The number of rotatable bonds is 7. The van der Waals surface area contributed by atoms with E-state index < -0.39 is 5.97 Å². The van der Waals surface area contributed by atoms with Gasteiger partial charge in [-0.15, -0.1) is 11.3 Å². The first-order chi connectivity index (χ1) is 13.5. The van der Waals surface area contributed by atoms with Gasteiger partial charge in [-0.25, -0.2) is 4.79 Å². The molecule has 0 atom stereocenters. The Labute approximate surface area is 173 Å². The van der Waals surface area contributed by atoms with E-state index in [1.54, 1.807) is 17.4 Å². The van der Waals surface area contributed by atoms with Crippen LogP contribution in [0.15, 0.2) is 46.5 Å². The van der Waals surface area contributed by atoms with Crippen LogP contribution in [0.1, 0.15) is 28.0 Å². The first-order valence-corrected chi connectivity index (χ1v) is 10.4. The molecule has 0 bridgehead atoms. The molecular formula is C21H23ClN2O3S. The van der Waals surface area contributed by atoms with Gasteiger partial charge >= 0.3 is 5.97 Å². The molecule has 1 aromatic heterocycles. The van der Waals surface area contributed by atoms with Crippen LogP contribution in [-0.4, -0.2) is 47.9 Å². The molecule has 1 N–H and O–H groups in total. The molecule has 0 aliphatic carbocycles. The number of oxime groups is 1. The summed E-state index contributed by atoms with van der Waals surface area (Å²) in [6.45, 7) is 6.36. The van der Waals surface area contributed by atoms with Crippen LogP contribution in [0.25, 0.3) is 0 Å². The van der Waals surface area contributed by atoms with Crippen molar-refractivity contribution in [1.82, 2.24) is 4.90 Å². The van der Waals surface area contributed by atoms with Crippen molar-refractivity contribution in [2.45, 2.75) is 20.3 Å². The van der Waals surface area contributed by atoms with Gasteiger partial charge in [0.1, 0.15) is 12.3 Å². The number of thiophene rings is 1. The van der Waals surface area contributed by atoms with Crippen molar-refractivity contribution in [2.75, 3.05) is 26.2 Å². The summed E-state index contributed by atoms with van der Waals surface area (Å²) < 4.78 is 0. The van der Waals surface area contributed by atoms with E-state index in [0.29, 0.717) is 30.3 Å². The molecule has 0 amide bonds. The molecular weight excluding hydrogens is 396 g/mol. The van der Waals surface area contributed by atoms with Gasteiger partial charge in [0.25, 0.3) is 0 Å². The highest BCUT2D eigenvalue weighted by Gasteiger charge is 2.18. The van der Waals surface area contributed by atoms with Crippen molar-refractivity contribution in [2.24, 2.45) is 5.16 Å². The number of carbonyl (C=O) groups is 1. The summed E-state index contributed by atoms with van der Waals surface area (Å²) in [6, 6.07) is 7.81. The molecule has 0 saturated carbocycles. The number of carboxylic acids is 1. The molecule has 0 fully saturated rings. The highest BCUT2D eigenvalue weighted by atomic mass is 35.5. The Bertz CT molecular complexity index is 920. The molecule has 28 heavy (non-hydrogen) atoms. The van der Waals surface area contributed by atoms with Crippen LogP contribution in [0.3, 0.4) is 0 Å². The highest BCUT2D eigenvalue weighted by Crippen LogP contribution is 2.24. The topological polar surface area (TPSA) is 62.1 Å². The second-order valence-corrected chi connectivity index (χ2v) is 8.12. The van der Waals surface area contributed by atoms with Gasteiger partial charge in [0, 0.05) is 35.8 Å². The Morgan fingerprint density at radius 2 is 2.14 bits per heavy atom. The number of hydrogen-bond donors (Lipinski definition) is 1. The molecule has 1 aliphatic rings. The zero-order valence-electron chi connectivity index (χ0n) is 15.9. The zero-order valence-corrected chi connectivity index (χ0v) is 17.5. The number of benzene rings is 1. The van der Waals surface area contributed by atoms with Gasteiger partial charge in [0.05, 0.1) is 4.88 Å². The van der Waals surface area contributed by atoms with Crippen LogP contribution in [0.5, 0.6) is 0 Å². The SMILES string of the molecule is Cc1cc(Cl)ccc1/C(=N/OCCN1CCC=C(C(=O)O)C1)c1sccc1C.